The fraction of sp³-hybridized carbons (Fsp3) is 0.182. The largest absolute Gasteiger partial charge is 0.462 e. The Bertz CT molecular complexity index is 396. The molecule has 1 aliphatic heterocycles. The summed E-state index contributed by atoms with van der Waals surface area (Å²) in [6, 6.07) is 7.39. The van der Waals surface area contributed by atoms with Crippen molar-refractivity contribution in [2.45, 2.75) is 6.42 Å². The molecule has 0 aromatic heterocycles. The van der Waals surface area contributed by atoms with E-state index in [4.69, 9.17) is 16.3 Å². The van der Waals surface area contributed by atoms with Gasteiger partial charge in [-0.25, -0.2) is 4.79 Å². The summed E-state index contributed by atoms with van der Waals surface area (Å²) in [5.41, 5.74) is 1.65. The van der Waals surface area contributed by atoms with Gasteiger partial charge in [0, 0.05) is 17.0 Å². The summed E-state index contributed by atoms with van der Waals surface area (Å²) < 4.78 is 4.83. The first-order valence-corrected chi connectivity index (χ1v) is 4.77. The Morgan fingerprint density at radius 2 is 2.29 bits per heavy atom. The predicted octanol–water partition coefficient (Wildman–Crippen LogP) is 2.67. The number of carbonyl (C=O) groups is 1. The van der Waals surface area contributed by atoms with E-state index in [2.05, 4.69) is 0 Å². The molecule has 0 radical (unpaired) electrons. The van der Waals surface area contributed by atoms with Crippen LogP contribution in [-0.2, 0) is 9.53 Å². The molecule has 0 spiro atoms. The van der Waals surface area contributed by atoms with Crippen LogP contribution in [0.25, 0.3) is 6.08 Å². The zero-order valence-corrected chi connectivity index (χ0v) is 8.25. The van der Waals surface area contributed by atoms with Crippen LogP contribution < -0.4 is 0 Å². The maximum atomic E-state index is 11.1. The lowest BCUT2D eigenvalue weighted by Gasteiger charge is -1.95. The minimum Gasteiger partial charge on any atom is -0.462 e. The second kappa shape index (κ2) is 3.84. The number of benzene rings is 1. The number of ether oxygens (including phenoxy) is 1. The number of carbonyl (C=O) groups excluding carboxylic acids is 1. The Hall–Kier alpha value is -1.28. The molecule has 1 heterocycles. The lowest BCUT2D eigenvalue weighted by Crippen LogP contribution is -1.94. The minimum absolute atomic E-state index is 0.218. The van der Waals surface area contributed by atoms with Gasteiger partial charge in [0.05, 0.1) is 6.61 Å². The van der Waals surface area contributed by atoms with E-state index in [1.54, 1.807) is 6.07 Å². The van der Waals surface area contributed by atoms with E-state index >= 15 is 0 Å². The minimum atomic E-state index is -0.218. The number of rotatable bonds is 1. The van der Waals surface area contributed by atoms with Crippen molar-refractivity contribution in [1.82, 2.24) is 0 Å². The number of cyclic esters (lactones) is 1. The van der Waals surface area contributed by atoms with Gasteiger partial charge in [-0.3, -0.25) is 0 Å². The maximum Gasteiger partial charge on any atom is 0.334 e. The fourth-order valence-corrected chi connectivity index (χ4v) is 1.58. The first-order chi connectivity index (χ1) is 6.75. The Morgan fingerprint density at radius 1 is 1.43 bits per heavy atom. The molecule has 0 saturated carbocycles. The van der Waals surface area contributed by atoms with Crippen molar-refractivity contribution in [3.05, 3.63) is 40.4 Å². The molecule has 1 fully saturated rings. The zero-order valence-electron chi connectivity index (χ0n) is 7.50. The fourth-order valence-electron chi connectivity index (χ4n) is 1.38. The van der Waals surface area contributed by atoms with E-state index in [0.717, 1.165) is 5.56 Å². The first-order valence-electron chi connectivity index (χ1n) is 4.39. The predicted molar refractivity (Wildman–Crippen MR) is 55.0 cm³/mol. The molecular formula is C11H9ClO2. The number of hydrogen-bond acceptors (Lipinski definition) is 2. The molecule has 0 aliphatic carbocycles. The van der Waals surface area contributed by atoms with Crippen molar-refractivity contribution >= 4 is 23.6 Å². The van der Waals surface area contributed by atoms with Gasteiger partial charge in [-0.1, -0.05) is 23.7 Å². The Morgan fingerprint density at radius 3 is 2.93 bits per heavy atom. The van der Waals surface area contributed by atoms with E-state index in [-0.39, 0.29) is 5.97 Å². The van der Waals surface area contributed by atoms with Crippen LogP contribution in [0.3, 0.4) is 0 Å². The van der Waals surface area contributed by atoms with E-state index in [9.17, 15) is 4.79 Å². The summed E-state index contributed by atoms with van der Waals surface area (Å²) in [7, 11) is 0. The molecule has 1 saturated heterocycles. The van der Waals surface area contributed by atoms with Gasteiger partial charge in [0.15, 0.2) is 0 Å². The highest BCUT2D eigenvalue weighted by atomic mass is 35.5. The van der Waals surface area contributed by atoms with Crippen LogP contribution in [0.5, 0.6) is 0 Å². The van der Waals surface area contributed by atoms with Crippen LogP contribution in [0.2, 0.25) is 5.02 Å². The lowest BCUT2D eigenvalue weighted by molar-refractivity contribution is -0.134. The van der Waals surface area contributed by atoms with Gasteiger partial charge < -0.3 is 4.74 Å². The molecule has 72 valence electrons. The quantitative estimate of drug-likeness (QED) is 0.524. The highest BCUT2D eigenvalue weighted by molar-refractivity contribution is 6.30. The van der Waals surface area contributed by atoms with Crippen LogP contribution in [-0.4, -0.2) is 12.6 Å². The van der Waals surface area contributed by atoms with Crippen molar-refractivity contribution < 1.29 is 9.53 Å². The SMILES string of the molecule is O=C1OCCC1=Cc1cccc(Cl)c1. The summed E-state index contributed by atoms with van der Waals surface area (Å²) in [6.07, 6.45) is 2.51. The highest BCUT2D eigenvalue weighted by Gasteiger charge is 2.17. The van der Waals surface area contributed by atoms with Crippen molar-refractivity contribution in [3.63, 3.8) is 0 Å². The molecule has 1 aromatic rings. The zero-order chi connectivity index (χ0) is 9.97. The summed E-state index contributed by atoms with van der Waals surface area (Å²) in [5, 5.41) is 0.672. The summed E-state index contributed by atoms with van der Waals surface area (Å²) in [6.45, 7) is 0.491. The van der Waals surface area contributed by atoms with E-state index in [0.29, 0.717) is 23.6 Å². The Balaban J connectivity index is 2.28. The first kappa shape index (κ1) is 9.28. The normalized spacial score (nSPS) is 18.6. The number of esters is 1. The molecule has 2 rings (SSSR count). The molecule has 0 unspecified atom stereocenters. The maximum absolute atomic E-state index is 11.1. The third kappa shape index (κ3) is 1.96. The third-order valence-corrected chi connectivity index (χ3v) is 2.29. The molecule has 0 N–H and O–H groups in total. The van der Waals surface area contributed by atoms with Gasteiger partial charge >= 0.3 is 5.97 Å². The second-order valence-electron chi connectivity index (χ2n) is 3.11. The number of halogens is 1. The summed E-state index contributed by atoms with van der Waals surface area (Å²) >= 11 is 5.82. The molecule has 0 bridgehead atoms. The van der Waals surface area contributed by atoms with Crippen molar-refractivity contribution in [2.75, 3.05) is 6.61 Å². The topological polar surface area (TPSA) is 26.3 Å². The van der Waals surface area contributed by atoms with Gasteiger partial charge in [0.1, 0.15) is 0 Å². The van der Waals surface area contributed by atoms with Gasteiger partial charge in [-0.2, -0.15) is 0 Å². The van der Waals surface area contributed by atoms with Crippen molar-refractivity contribution in [3.8, 4) is 0 Å². The van der Waals surface area contributed by atoms with Crippen molar-refractivity contribution in [2.24, 2.45) is 0 Å². The van der Waals surface area contributed by atoms with Gasteiger partial charge in [0.2, 0.25) is 0 Å². The van der Waals surface area contributed by atoms with Crippen LogP contribution in [0, 0.1) is 0 Å². The monoisotopic (exact) mass is 208 g/mol. The molecule has 3 heteroatoms. The summed E-state index contributed by atoms with van der Waals surface area (Å²) in [5.74, 6) is -0.218. The molecule has 0 amide bonds. The third-order valence-electron chi connectivity index (χ3n) is 2.06. The van der Waals surface area contributed by atoms with E-state index < -0.39 is 0 Å². The molecule has 1 aromatic carbocycles. The molecular weight excluding hydrogens is 200 g/mol. The lowest BCUT2D eigenvalue weighted by atomic mass is 10.1. The van der Waals surface area contributed by atoms with E-state index in [1.165, 1.54) is 0 Å². The van der Waals surface area contributed by atoms with Gasteiger partial charge in [-0.05, 0) is 23.8 Å². The van der Waals surface area contributed by atoms with Gasteiger partial charge in [0.25, 0.3) is 0 Å². The van der Waals surface area contributed by atoms with E-state index in [1.807, 2.05) is 24.3 Å². The van der Waals surface area contributed by atoms with Crippen LogP contribution >= 0.6 is 11.6 Å². The smallest absolute Gasteiger partial charge is 0.334 e. The highest BCUT2D eigenvalue weighted by Crippen LogP contribution is 2.19. The standard InChI is InChI=1S/C11H9ClO2/c12-10-3-1-2-8(7-10)6-9-4-5-14-11(9)13/h1-3,6-7H,4-5H2. The summed E-state index contributed by atoms with van der Waals surface area (Å²) in [4.78, 5) is 11.1. The molecule has 2 nitrogen and oxygen atoms in total. The molecule has 14 heavy (non-hydrogen) atoms. The van der Waals surface area contributed by atoms with Gasteiger partial charge in [-0.15, -0.1) is 0 Å². The second-order valence-corrected chi connectivity index (χ2v) is 3.55. The van der Waals surface area contributed by atoms with Crippen LogP contribution in [0.15, 0.2) is 29.8 Å². The Kier molecular flexibility index (Phi) is 2.55. The molecule has 0 atom stereocenters. The average molecular weight is 209 g/mol. The van der Waals surface area contributed by atoms with Crippen LogP contribution in [0.4, 0.5) is 0 Å². The van der Waals surface area contributed by atoms with Crippen LogP contribution in [0.1, 0.15) is 12.0 Å². The van der Waals surface area contributed by atoms with Crippen molar-refractivity contribution in [1.29, 1.82) is 0 Å². The number of hydrogen-bond donors (Lipinski definition) is 0. The average Bonchev–Trinajstić information content (AvgIpc) is 2.52. The Labute approximate surface area is 87.1 Å². The molecule has 1 aliphatic rings.